The molecule has 3 aromatic rings. The summed E-state index contributed by atoms with van der Waals surface area (Å²) in [5, 5.41) is 13.0. The third kappa shape index (κ3) is 4.07. The van der Waals surface area contributed by atoms with Gasteiger partial charge in [-0.2, -0.15) is 0 Å². The molecule has 2 N–H and O–H groups in total. The van der Waals surface area contributed by atoms with Crippen molar-refractivity contribution in [2.24, 2.45) is 7.05 Å². The Hall–Kier alpha value is -3.39. The second kappa shape index (κ2) is 7.92. The summed E-state index contributed by atoms with van der Waals surface area (Å²) in [4.78, 5) is 35.9. The van der Waals surface area contributed by atoms with Crippen molar-refractivity contribution < 1.29 is 23.8 Å². The number of aromatic hydroxyl groups is 1. The van der Waals surface area contributed by atoms with E-state index in [1.807, 2.05) is 0 Å². The Morgan fingerprint density at radius 3 is 2.52 bits per heavy atom. The number of benzene rings is 2. The number of rotatable bonds is 5. The highest BCUT2D eigenvalue weighted by atomic mass is 35.5. The van der Waals surface area contributed by atoms with Crippen LogP contribution in [0.15, 0.2) is 41.2 Å². The van der Waals surface area contributed by atoms with E-state index < -0.39 is 28.6 Å². The highest BCUT2D eigenvalue weighted by molar-refractivity contribution is 6.30. The second-order valence-corrected chi connectivity index (χ2v) is 6.74. The summed E-state index contributed by atoms with van der Waals surface area (Å²) in [5.74, 6) is -1.82. The monoisotopic (exact) mass is 418 g/mol. The minimum atomic E-state index is -0.850. The number of fused-ring (bicyclic) bond motifs is 1. The maximum absolute atomic E-state index is 13.6. The quantitative estimate of drug-likeness (QED) is 0.663. The van der Waals surface area contributed by atoms with Gasteiger partial charge in [-0.15, -0.1) is 0 Å². The lowest BCUT2D eigenvalue weighted by molar-refractivity contribution is -0.116. The largest absolute Gasteiger partial charge is 0.506 e. The number of nitrogens with zero attached hydrogens (tertiary/aromatic N) is 1. The molecule has 0 saturated heterocycles. The summed E-state index contributed by atoms with van der Waals surface area (Å²) in [5.41, 5.74) is -0.914. The molecule has 0 radical (unpaired) electrons. The van der Waals surface area contributed by atoms with E-state index in [1.54, 1.807) is 0 Å². The van der Waals surface area contributed by atoms with Gasteiger partial charge < -0.3 is 19.7 Å². The number of carbonyl (C=O) groups excluding carboxylic acids is 2. The van der Waals surface area contributed by atoms with Gasteiger partial charge in [-0.05, 0) is 31.2 Å². The van der Waals surface area contributed by atoms with Crippen LogP contribution in [0, 0.1) is 5.82 Å². The van der Waals surface area contributed by atoms with Gasteiger partial charge in [0.2, 0.25) is 0 Å². The molecule has 0 spiro atoms. The Kier molecular flexibility index (Phi) is 5.56. The molecule has 0 aliphatic carbocycles. The molecule has 0 aliphatic rings. The summed E-state index contributed by atoms with van der Waals surface area (Å²) in [6.07, 6.45) is 0. The van der Waals surface area contributed by atoms with Crippen molar-refractivity contribution in [3.63, 3.8) is 0 Å². The number of ketones is 1. The molecule has 0 unspecified atom stereocenters. The van der Waals surface area contributed by atoms with E-state index in [-0.39, 0.29) is 34.2 Å². The van der Waals surface area contributed by atoms with Crippen molar-refractivity contribution >= 4 is 34.2 Å². The van der Waals surface area contributed by atoms with Crippen LogP contribution in [0.2, 0.25) is 5.02 Å². The number of halogens is 2. The molecule has 1 aromatic heterocycles. The number of hydrogen-bond donors (Lipinski definition) is 2. The fourth-order valence-corrected chi connectivity index (χ4v) is 2.86. The van der Waals surface area contributed by atoms with E-state index in [1.165, 1.54) is 48.9 Å². The van der Waals surface area contributed by atoms with E-state index in [0.717, 1.165) is 6.07 Å². The van der Waals surface area contributed by atoms with Gasteiger partial charge in [0.15, 0.2) is 0 Å². The zero-order valence-corrected chi connectivity index (χ0v) is 16.2. The highest BCUT2D eigenvalue weighted by Crippen LogP contribution is 2.31. The number of Topliss-reactive ketones (excluding diaryl/α,β-unsaturated/α-hetero) is 1. The van der Waals surface area contributed by atoms with Crippen molar-refractivity contribution in [1.29, 1.82) is 0 Å². The SMILES string of the molecule is CC(=O)CNC(=O)c1c(O)c2ccc(Oc3ccc(Cl)c(F)c3)cc2n(C)c1=O. The van der Waals surface area contributed by atoms with Gasteiger partial charge in [-0.25, -0.2) is 4.39 Å². The van der Waals surface area contributed by atoms with Crippen LogP contribution >= 0.6 is 11.6 Å². The van der Waals surface area contributed by atoms with Crippen LogP contribution in [0.4, 0.5) is 4.39 Å². The van der Waals surface area contributed by atoms with Crippen molar-refractivity contribution in [2.45, 2.75) is 6.92 Å². The Balaban J connectivity index is 2.03. The molecule has 150 valence electrons. The van der Waals surface area contributed by atoms with E-state index in [9.17, 15) is 23.9 Å². The normalized spacial score (nSPS) is 10.8. The fourth-order valence-electron chi connectivity index (χ4n) is 2.74. The predicted octanol–water partition coefficient (Wildman–Crippen LogP) is 3.15. The van der Waals surface area contributed by atoms with Crippen LogP contribution in [0.25, 0.3) is 10.9 Å². The molecular weight excluding hydrogens is 403 g/mol. The Morgan fingerprint density at radius 2 is 1.86 bits per heavy atom. The molecule has 0 saturated carbocycles. The van der Waals surface area contributed by atoms with E-state index in [2.05, 4.69) is 5.32 Å². The lowest BCUT2D eigenvalue weighted by Gasteiger charge is -2.13. The maximum atomic E-state index is 13.6. The van der Waals surface area contributed by atoms with Crippen molar-refractivity contribution in [3.05, 3.63) is 63.2 Å². The van der Waals surface area contributed by atoms with Crippen LogP contribution in [0.1, 0.15) is 17.3 Å². The van der Waals surface area contributed by atoms with Crippen LogP contribution in [-0.2, 0) is 11.8 Å². The number of carbonyl (C=O) groups is 2. The molecule has 29 heavy (non-hydrogen) atoms. The number of ether oxygens (including phenoxy) is 1. The van der Waals surface area contributed by atoms with Crippen LogP contribution in [0.5, 0.6) is 17.2 Å². The number of hydrogen-bond acceptors (Lipinski definition) is 5. The first-order valence-electron chi connectivity index (χ1n) is 8.45. The fraction of sp³-hybridized carbons (Fsp3) is 0.150. The average molecular weight is 419 g/mol. The Morgan fingerprint density at radius 1 is 1.21 bits per heavy atom. The number of aromatic nitrogens is 1. The first-order chi connectivity index (χ1) is 13.7. The van der Waals surface area contributed by atoms with E-state index >= 15 is 0 Å². The first-order valence-corrected chi connectivity index (χ1v) is 8.83. The molecule has 0 fully saturated rings. The Labute approximate surface area is 169 Å². The Bertz CT molecular complexity index is 1210. The third-order valence-corrected chi connectivity index (χ3v) is 4.50. The van der Waals surface area contributed by atoms with Crippen LogP contribution in [0.3, 0.4) is 0 Å². The molecule has 7 nitrogen and oxygen atoms in total. The number of amides is 1. The standard InChI is InChI=1S/C20H16ClFN2O5/c1-10(25)9-23-19(27)17-18(26)13-5-3-12(8-16(13)24(2)20(17)28)29-11-4-6-14(21)15(22)7-11/h3-8,26H,9H2,1-2H3,(H,23,27). The van der Waals surface area contributed by atoms with Gasteiger partial charge in [-0.3, -0.25) is 14.4 Å². The van der Waals surface area contributed by atoms with Crippen LogP contribution in [-0.4, -0.2) is 27.9 Å². The summed E-state index contributed by atoms with van der Waals surface area (Å²) in [6.45, 7) is 1.02. The summed E-state index contributed by atoms with van der Waals surface area (Å²) >= 11 is 5.65. The lowest BCUT2D eigenvalue weighted by Crippen LogP contribution is -2.34. The molecule has 9 heteroatoms. The van der Waals surface area contributed by atoms with Crippen LogP contribution < -0.4 is 15.6 Å². The molecule has 0 aliphatic heterocycles. The molecule has 3 rings (SSSR count). The first kappa shape index (κ1) is 20.3. The average Bonchev–Trinajstić information content (AvgIpc) is 2.67. The second-order valence-electron chi connectivity index (χ2n) is 6.33. The maximum Gasteiger partial charge on any atom is 0.267 e. The van der Waals surface area contributed by atoms with Gasteiger partial charge in [0, 0.05) is 24.6 Å². The zero-order valence-electron chi connectivity index (χ0n) is 15.5. The molecular formula is C20H16ClFN2O5. The third-order valence-electron chi connectivity index (χ3n) is 4.19. The van der Waals surface area contributed by atoms with Crippen molar-refractivity contribution in [1.82, 2.24) is 9.88 Å². The van der Waals surface area contributed by atoms with Gasteiger partial charge >= 0.3 is 0 Å². The molecule has 0 bridgehead atoms. The van der Waals surface area contributed by atoms with Gasteiger partial charge in [-0.1, -0.05) is 11.6 Å². The number of nitrogens with one attached hydrogen (secondary N) is 1. The summed E-state index contributed by atoms with van der Waals surface area (Å²) in [7, 11) is 1.43. The topological polar surface area (TPSA) is 97.6 Å². The van der Waals surface area contributed by atoms with Gasteiger partial charge in [0.05, 0.1) is 17.1 Å². The lowest BCUT2D eigenvalue weighted by atomic mass is 10.1. The smallest absolute Gasteiger partial charge is 0.267 e. The summed E-state index contributed by atoms with van der Waals surface area (Å²) < 4.78 is 20.3. The number of pyridine rings is 1. The molecule has 1 heterocycles. The molecule has 2 aromatic carbocycles. The van der Waals surface area contributed by atoms with Gasteiger partial charge in [0.25, 0.3) is 11.5 Å². The van der Waals surface area contributed by atoms with Gasteiger partial charge in [0.1, 0.15) is 34.4 Å². The zero-order chi connectivity index (χ0) is 21.3. The number of aryl methyl sites for hydroxylation is 1. The summed E-state index contributed by atoms with van der Waals surface area (Å²) in [6, 6.07) is 8.38. The molecule has 1 amide bonds. The van der Waals surface area contributed by atoms with Crippen molar-refractivity contribution in [2.75, 3.05) is 6.54 Å². The van der Waals surface area contributed by atoms with E-state index in [0.29, 0.717) is 5.52 Å². The predicted molar refractivity (Wildman–Crippen MR) is 105 cm³/mol. The highest BCUT2D eigenvalue weighted by Gasteiger charge is 2.21. The van der Waals surface area contributed by atoms with E-state index in [4.69, 9.17) is 16.3 Å². The minimum absolute atomic E-state index is 0.0428. The minimum Gasteiger partial charge on any atom is -0.506 e. The molecule has 0 atom stereocenters. The van der Waals surface area contributed by atoms with Crippen molar-refractivity contribution in [3.8, 4) is 17.2 Å².